The van der Waals surface area contributed by atoms with Crippen LogP contribution in [0.15, 0.2) is 72.8 Å². The molecule has 6 rings (SSSR count). The molecule has 60 heavy (non-hydrogen) atoms. The topological polar surface area (TPSA) is 190 Å². The Hall–Kier alpha value is -5.73. The first-order valence-corrected chi connectivity index (χ1v) is 21.3. The van der Waals surface area contributed by atoms with Crippen LogP contribution in [0.4, 0.5) is 22.1 Å². The molecule has 1 aromatic heterocycles. The first-order valence-electron chi connectivity index (χ1n) is 21.3. The van der Waals surface area contributed by atoms with Crippen LogP contribution in [-0.2, 0) is 27.4 Å². The normalized spacial score (nSPS) is 13.6. The van der Waals surface area contributed by atoms with Crippen LogP contribution in [0.5, 0.6) is 6.01 Å². The number of ether oxygens (including phenoxy) is 2. The molecule has 3 aromatic carbocycles. The number of anilines is 3. The summed E-state index contributed by atoms with van der Waals surface area (Å²) in [6, 6.07) is 25.2. The summed E-state index contributed by atoms with van der Waals surface area (Å²) < 4.78 is 11.1. The van der Waals surface area contributed by atoms with Crippen LogP contribution in [0.3, 0.4) is 0 Å². The molecule has 0 atom stereocenters. The van der Waals surface area contributed by atoms with E-state index in [2.05, 4.69) is 93.2 Å². The molecule has 7 N–H and O–H groups in total. The third kappa shape index (κ3) is 12.9. The second-order valence-electron chi connectivity index (χ2n) is 15.3. The molecule has 4 aromatic rings. The van der Waals surface area contributed by atoms with Gasteiger partial charge in [-0.05, 0) is 84.5 Å². The number of nitrogen functional groups attached to an aromatic ring is 1. The fourth-order valence-electron chi connectivity index (χ4n) is 7.57. The van der Waals surface area contributed by atoms with Crippen LogP contribution in [0, 0.1) is 5.92 Å². The Morgan fingerprint density at radius 2 is 1.53 bits per heavy atom. The van der Waals surface area contributed by atoms with E-state index in [1.807, 2.05) is 24.3 Å². The summed E-state index contributed by atoms with van der Waals surface area (Å²) in [5.74, 6) is 1.29. The van der Waals surface area contributed by atoms with E-state index in [1.54, 1.807) is 7.05 Å². The Morgan fingerprint density at radius 3 is 2.15 bits per heavy atom. The molecule has 14 nitrogen and oxygen atoms in total. The number of unbranched alkanes of at least 4 members (excludes halogenated alkanes) is 2. The van der Waals surface area contributed by atoms with E-state index in [-0.39, 0.29) is 36.3 Å². The number of carbonyl (C=O) groups is 3. The second-order valence-corrected chi connectivity index (χ2v) is 15.3. The SMILES string of the molecule is CCCCNC(=O)OCC1c2ccccc2-c2ccccc21.CCCCOc1nc(N)c(NC)c(N(C=O)Cc2ccc(CN3CCC(CCNC(=O)CN)CC3)cc2)n1. The van der Waals surface area contributed by atoms with Gasteiger partial charge in [0.1, 0.15) is 12.3 Å². The van der Waals surface area contributed by atoms with Gasteiger partial charge in [-0.15, -0.1) is 0 Å². The lowest BCUT2D eigenvalue weighted by Crippen LogP contribution is -2.36. The second kappa shape index (κ2) is 23.8. The van der Waals surface area contributed by atoms with E-state index in [0.717, 1.165) is 76.6 Å². The predicted molar refractivity (Wildman–Crippen MR) is 238 cm³/mol. The molecule has 1 fully saturated rings. The van der Waals surface area contributed by atoms with Gasteiger partial charge in [0.2, 0.25) is 12.3 Å². The predicted octanol–water partition coefficient (Wildman–Crippen LogP) is 6.44. The molecule has 0 unspecified atom stereocenters. The van der Waals surface area contributed by atoms with Gasteiger partial charge in [0.15, 0.2) is 11.6 Å². The van der Waals surface area contributed by atoms with Crippen molar-refractivity contribution in [1.82, 2.24) is 25.5 Å². The zero-order valence-corrected chi connectivity index (χ0v) is 35.5. The zero-order valence-electron chi connectivity index (χ0n) is 35.5. The summed E-state index contributed by atoms with van der Waals surface area (Å²) in [4.78, 5) is 47.8. The highest BCUT2D eigenvalue weighted by atomic mass is 16.5. The number of likely N-dealkylation sites (tertiary alicyclic amines) is 1. The van der Waals surface area contributed by atoms with Gasteiger partial charge in [0, 0.05) is 32.6 Å². The molecule has 14 heteroatoms. The number of nitrogens with one attached hydrogen (secondary N) is 3. The monoisotopic (exact) mass is 821 g/mol. The number of hydrogen-bond acceptors (Lipinski definition) is 11. The Morgan fingerprint density at radius 1 is 0.883 bits per heavy atom. The highest BCUT2D eigenvalue weighted by Crippen LogP contribution is 2.44. The number of hydrogen-bond donors (Lipinski definition) is 5. The number of nitrogens with two attached hydrogens (primary N) is 2. The highest BCUT2D eigenvalue weighted by molar-refractivity contribution is 5.85. The molecule has 0 bridgehead atoms. The number of benzene rings is 3. The molecule has 0 spiro atoms. The Bertz CT molecular complexity index is 1920. The van der Waals surface area contributed by atoms with Gasteiger partial charge in [-0.3, -0.25) is 19.4 Å². The first kappa shape index (κ1) is 45.4. The van der Waals surface area contributed by atoms with Crippen molar-refractivity contribution < 1.29 is 23.9 Å². The van der Waals surface area contributed by atoms with Gasteiger partial charge in [0.25, 0.3) is 0 Å². The summed E-state index contributed by atoms with van der Waals surface area (Å²) >= 11 is 0. The Balaban J connectivity index is 0.000000261. The Labute approximate surface area is 354 Å². The number of rotatable bonds is 20. The van der Waals surface area contributed by atoms with Crippen LogP contribution in [0.25, 0.3) is 11.1 Å². The minimum atomic E-state index is -0.324. The lowest BCUT2D eigenvalue weighted by atomic mass is 9.93. The molecule has 1 saturated heterocycles. The van der Waals surface area contributed by atoms with E-state index >= 15 is 0 Å². The minimum absolute atomic E-state index is 0.0473. The van der Waals surface area contributed by atoms with Crippen molar-refractivity contribution in [3.8, 4) is 17.1 Å². The van der Waals surface area contributed by atoms with E-state index in [1.165, 1.54) is 32.7 Å². The lowest BCUT2D eigenvalue weighted by molar-refractivity contribution is -0.119. The van der Waals surface area contributed by atoms with Gasteiger partial charge >= 0.3 is 12.1 Å². The fraction of sp³-hybridized carbons (Fsp3) is 0.457. The number of amides is 3. The molecule has 0 saturated carbocycles. The summed E-state index contributed by atoms with van der Waals surface area (Å²) in [5.41, 5.74) is 19.1. The number of nitrogens with zero attached hydrogens (tertiary/aromatic N) is 4. The van der Waals surface area contributed by atoms with Crippen molar-refractivity contribution in [3.05, 3.63) is 95.1 Å². The van der Waals surface area contributed by atoms with Crippen LogP contribution in [0.2, 0.25) is 0 Å². The van der Waals surface area contributed by atoms with Crippen molar-refractivity contribution in [3.63, 3.8) is 0 Å². The average Bonchev–Trinajstić information content (AvgIpc) is 3.59. The van der Waals surface area contributed by atoms with Gasteiger partial charge < -0.3 is 36.9 Å². The van der Waals surface area contributed by atoms with Crippen molar-refractivity contribution in [2.45, 2.75) is 77.8 Å². The maximum Gasteiger partial charge on any atom is 0.407 e. The molecular formula is C46H63N9O5. The third-order valence-corrected chi connectivity index (χ3v) is 11.0. The summed E-state index contributed by atoms with van der Waals surface area (Å²) in [7, 11) is 1.72. The molecule has 1 aliphatic carbocycles. The standard InChI is InChI=1S/C27H42N8O3.C19H21NO2/c1-3-4-15-38-27-32-25(29)24(30-2)26(33-27)35(19-36)18-22-7-5-21(6-8-22)17-34-13-10-20(11-14-34)9-12-31-23(37)16-28;1-2-3-12-20-19(21)22-13-18-16-10-6-4-8-14(16)15-9-5-7-11-17(15)18/h5-8,19-20,30H,3-4,9-18,28H2,1-2H3,(H,31,37)(H2,29,32,33);4-11,18H,2-3,12-13H2,1H3,(H,20,21). The first-order chi connectivity index (χ1) is 29.3. The van der Waals surface area contributed by atoms with Crippen molar-refractivity contribution in [1.29, 1.82) is 0 Å². The van der Waals surface area contributed by atoms with Crippen molar-refractivity contribution >= 4 is 35.7 Å². The summed E-state index contributed by atoms with van der Waals surface area (Å²) in [6.07, 6.45) is 7.59. The fourth-order valence-corrected chi connectivity index (χ4v) is 7.57. The number of alkyl carbamates (subject to hydrolysis) is 1. The summed E-state index contributed by atoms with van der Waals surface area (Å²) in [5, 5.41) is 8.65. The molecule has 2 heterocycles. The zero-order chi connectivity index (χ0) is 42.7. The average molecular weight is 822 g/mol. The largest absolute Gasteiger partial charge is 0.463 e. The van der Waals surface area contributed by atoms with Gasteiger partial charge in [-0.2, -0.15) is 9.97 Å². The number of carbonyl (C=O) groups excluding carboxylic acids is 3. The number of fused-ring (bicyclic) bond motifs is 3. The van der Waals surface area contributed by atoms with Gasteiger partial charge in [-0.25, -0.2) is 4.79 Å². The lowest BCUT2D eigenvalue weighted by Gasteiger charge is -2.32. The maximum absolute atomic E-state index is 12.1. The van der Waals surface area contributed by atoms with Gasteiger partial charge in [0.05, 0.1) is 19.7 Å². The summed E-state index contributed by atoms with van der Waals surface area (Å²) in [6.45, 7) is 9.78. The Kier molecular flexibility index (Phi) is 18.0. The minimum Gasteiger partial charge on any atom is -0.463 e. The maximum atomic E-state index is 12.1. The molecule has 1 aliphatic heterocycles. The molecular weight excluding hydrogens is 759 g/mol. The molecule has 322 valence electrons. The molecule has 3 amide bonds. The van der Waals surface area contributed by atoms with Crippen LogP contribution in [0.1, 0.15) is 87.0 Å². The third-order valence-electron chi connectivity index (χ3n) is 11.0. The van der Waals surface area contributed by atoms with E-state index < -0.39 is 0 Å². The number of piperidine rings is 1. The molecule has 0 radical (unpaired) electrons. The van der Waals surface area contributed by atoms with Crippen LogP contribution in [-0.4, -0.2) is 86.3 Å². The van der Waals surface area contributed by atoms with Crippen LogP contribution < -0.4 is 37.1 Å². The van der Waals surface area contributed by atoms with E-state index in [9.17, 15) is 14.4 Å². The molecule has 2 aliphatic rings. The quantitative estimate of drug-likeness (QED) is 0.0487. The van der Waals surface area contributed by atoms with E-state index in [4.69, 9.17) is 20.9 Å². The highest BCUT2D eigenvalue weighted by Gasteiger charge is 2.29. The van der Waals surface area contributed by atoms with Crippen molar-refractivity contribution in [2.75, 3.05) is 68.9 Å². The smallest absolute Gasteiger partial charge is 0.407 e. The van der Waals surface area contributed by atoms with Crippen molar-refractivity contribution in [2.24, 2.45) is 11.7 Å². The van der Waals surface area contributed by atoms with Crippen LogP contribution >= 0.6 is 0 Å². The van der Waals surface area contributed by atoms with E-state index in [0.29, 0.717) is 50.3 Å². The van der Waals surface area contributed by atoms with Gasteiger partial charge in [-0.1, -0.05) is 99.5 Å². The number of aromatic nitrogens is 2.